The predicted octanol–water partition coefficient (Wildman–Crippen LogP) is 6.62. The lowest BCUT2D eigenvalue weighted by molar-refractivity contribution is -0.135. The first-order valence-electron chi connectivity index (χ1n) is 9.73. The van der Waals surface area contributed by atoms with Gasteiger partial charge in [-0.2, -0.15) is 13.2 Å². The average Bonchev–Trinajstić information content (AvgIpc) is 2.58. The predicted molar refractivity (Wildman–Crippen MR) is 97.8 cm³/mol. The number of aryl methyl sites for hydroxylation is 2. The molecule has 0 saturated heterocycles. The molecule has 4 heteroatoms. The van der Waals surface area contributed by atoms with Gasteiger partial charge in [0.25, 0.3) is 0 Å². The zero-order valence-electron chi connectivity index (χ0n) is 15.5. The summed E-state index contributed by atoms with van der Waals surface area (Å²) < 4.78 is 36.0. The van der Waals surface area contributed by atoms with E-state index in [1.165, 1.54) is 11.1 Å². The molecule has 1 atom stereocenters. The Morgan fingerprint density at radius 2 is 1.28 bits per heavy atom. The zero-order chi connectivity index (χ0) is 18.5. The topological polar surface area (TPSA) is 20.2 Å². The summed E-state index contributed by atoms with van der Waals surface area (Å²) in [5.74, 6) is 0. The van der Waals surface area contributed by atoms with E-state index < -0.39 is 12.6 Å². The van der Waals surface area contributed by atoms with Crippen molar-refractivity contribution >= 4 is 0 Å². The molecule has 1 rings (SSSR count). The van der Waals surface area contributed by atoms with Crippen molar-refractivity contribution in [2.45, 2.75) is 96.3 Å². The van der Waals surface area contributed by atoms with Crippen molar-refractivity contribution in [3.63, 3.8) is 0 Å². The molecule has 0 spiro atoms. The van der Waals surface area contributed by atoms with Crippen LogP contribution in [0.5, 0.6) is 0 Å². The van der Waals surface area contributed by atoms with Gasteiger partial charge in [-0.15, -0.1) is 0 Å². The number of aliphatic hydroxyl groups excluding tert-OH is 1. The van der Waals surface area contributed by atoms with Gasteiger partial charge in [-0.05, 0) is 49.7 Å². The van der Waals surface area contributed by atoms with E-state index in [-0.39, 0.29) is 12.5 Å². The van der Waals surface area contributed by atoms with Crippen molar-refractivity contribution in [2.24, 2.45) is 0 Å². The lowest BCUT2D eigenvalue weighted by Crippen LogP contribution is -2.06. The number of hydrogen-bond donors (Lipinski definition) is 1. The molecule has 0 aliphatic carbocycles. The van der Waals surface area contributed by atoms with Crippen LogP contribution >= 0.6 is 0 Å². The van der Waals surface area contributed by atoms with Gasteiger partial charge >= 0.3 is 6.18 Å². The summed E-state index contributed by atoms with van der Waals surface area (Å²) in [5.41, 5.74) is 2.61. The van der Waals surface area contributed by atoms with E-state index in [0.717, 1.165) is 57.8 Å². The Balaban J connectivity index is 2.03. The molecule has 144 valence electrons. The molecule has 1 N–H and O–H groups in total. The molecule has 0 fully saturated rings. The fourth-order valence-corrected chi connectivity index (χ4v) is 2.95. The second-order valence-electron chi connectivity index (χ2n) is 7.01. The van der Waals surface area contributed by atoms with Gasteiger partial charge in [0.15, 0.2) is 0 Å². The van der Waals surface area contributed by atoms with Crippen LogP contribution in [-0.2, 0) is 12.8 Å². The van der Waals surface area contributed by atoms with Crippen LogP contribution < -0.4 is 0 Å². The van der Waals surface area contributed by atoms with Crippen LogP contribution in [0.4, 0.5) is 13.2 Å². The maximum atomic E-state index is 12.0. The van der Waals surface area contributed by atoms with Gasteiger partial charge in [0, 0.05) is 6.42 Å². The number of benzene rings is 1. The van der Waals surface area contributed by atoms with Crippen molar-refractivity contribution < 1.29 is 18.3 Å². The van der Waals surface area contributed by atoms with E-state index in [4.69, 9.17) is 0 Å². The van der Waals surface area contributed by atoms with Crippen LogP contribution in [0.15, 0.2) is 24.3 Å². The molecule has 1 unspecified atom stereocenters. The van der Waals surface area contributed by atoms with Crippen LogP contribution in [0.1, 0.15) is 82.3 Å². The highest BCUT2D eigenvalue weighted by atomic mass is 19.4. The number of aliphatic hydroxyl groups is 1. The number of alkyl halides is 3. The van der Waals surface area contributed by atoms with Gasteiger partial charge in [0.05, 0.1) is 6.10 Å². The molecule has 25 heavy (non-hydrogen) atoms. The standard InChI is InChI=1S/C21H33F3O/c1-2-20(25)16-15-19-13-11-18(12-14-19)10-8-6-4-3-5-7-9-17-21(22,23)24/h11-14,20,25H,2-10,15-17H2,1H3. The Bertz CT molecular complexity index is 439. The van der Waals surface area contributed by atoms with Crippen LogP contribution in [0.2, 0.25) is 0 Å². The van der Waals surface area contributed by atoms with Gasteiger partial charge in [-0.25, -0.2) is 0 Å². The maximum Gasteiger partial charge on any atom is 0.389 e. The van der Waals surface area contributed by atoms with Gasteiger partial charge in [0.1, 0.15) is 0 Å². The summed E-state index contributed by atoms with van der Waals surface area (Å²) in [6.45, 7) is 2.00. The molecule has 0 bridgehead atoms. The van der Waals surface area contributed by atoms with Gasteiger partial charge in [0.2, 0.25) is 0 Å². The molecule has 0 aliphatic heterocycles. The average molecular weight is 358 g/mol. The molecule has 1 aromatic rings. The first-order valence-corrected chi connectivity index (χ1v) is 9.73. The Labute approximate surface area is 150 Å². The number of hydrogen-bond acceptors (Lipinski definition) is 1. The molecule has 0 heterocycles. The number of halogens is 3. The van der Waals surface area contributed by atoms with Crippen LogP contribution in [0.3, 0.4) is 0 Å². The maximum absolute atomic E-state index is 12.0. The molecular weight excluding hydrogens is 325 g/mol. The Morgan fingerprint density at radius 3 is 1.80 bits per heavy atom. The molecule has 1 aromatic carbocycles. The third-order valence-corrected chi connectivity index (χ3v) is 4.69. The summed E-state index contributed by atoms with van der Waals surface area (Å²) in [6, 6.07) is 8.65. The zero-order valence-corrected chi connectivity index (χ0v) is 15.5. The third kappa shape index (κ3) is 12.0. The van der Waals surface area contributed by atoms with E-state index in [2.05, 4.69) is 24.3 Å². The van der Waals surface area contributed by atoms with E-state index in [9.17, 15) is 18.3 Å². The highest BCUT2D eigenvalue weighted by Gasteiger charge is 2.25. The van der Waals surface area contributed by atoms with Gasteiger partial charge in [-0.3, -0.25) is 0 Å². The smallest absolute Gasteiger partial charge is 0.389 e. The summed E-state index contributed by atoms with van der Waals surface area (Å²) >= 11 is 0. The van der Waals surface area contributed by atoms with E-state index in [1.54, 1.807) is 0 Å². The highest BCUT2D eigenvalue weighted by Crippen LogP contribution is 2.23. The Morgan fingerprint density at radius 1 is 0.800 bits per heavy atom. The summed E-state index contributed by atoms with van der Waals surface area (Å²) in [4.78, 5) is 0. The molecule has 0 amide bonds. The van der Waals surface area contributed by atoms with Gasteiger partial charge < -0.3 is 5.11 Å². The minimum atomic E-state index is -3.99. The first-order chi connectivity index (χ1) is 11.9. The fraction of sp³-hybridized carbons (Fsp3) is 0.714. The van der Waals surface area contributed by atoms with Crippen LogP contribution in [0.25, 0.3) is 0 Å². The normalized spacial score (nSPS) is 13.2. The Kier molecular flexibility index (Phi) is 10.9. The second-order valence-corrected chi connectivity index (χ2v) is 7.01. The summed E-state index contributed by atoms with van der Waals surface area (Å²) in [7, 11) is 0. The number of rotatable bonds is 13. The summed E-state index contributed by atoms with van der Waals surface area (Å²) in [5, 5.41) is 9.59. The molecule has 0 aromatic heterocycles. The molecule has 0 radical (unpaired) electrons. The molecule has 1 nitrogen and oxygen atoms in total. The third-order valence-electron chi connectivity index (χ3n) is 4.69. The minimum Gasteiger partial charge on any atom is -0.393 e. The first kappa shape index (κ1) is 22.0. The van der Waals surface area contributed by atoms with Crippen molar-refractivity contribution in [1.82, 2.24) is 0 Å². The molecule has 0 aliphatic rings. The number of unbranched alkanes of at least 4 members (excludes halogenated alkanes) is 6. The Hall–Kier alpha value is -1.03. The SMILES string of the molecule is CCC(O)CCc1ccc(CCCCCCCCCC(F)(F)F)cc1. The van der Waals surface area contributed by atoms with Crippen molar-refractivity contribution in [2.75, 3.05) is 0 Å². The second kappa shape index (κ2) is 12.3. The quantitative estimate of drug-likeness (QED) is 0.393. The molecular formula is C21H33F3O. The van der Waals surface area contributed by atoms with Crippen molar-refractivity contribution in [3.05, 3.63) is 35.4 Å². The van der Waals surface area contributed by atoms with Crippen LogP contribution in [0, 0.1) is 0 Å². The highest BCUT2D eigenvalue weighted by molar-refractivity contribution is 5.22. The lowest BCUT2D eigenvalue weighted by atomic mass is 10.0. The van der Waals surface area contributed by atoms with Crippen molar-refractivity contribution in [3.8, 4) is 0 Å². The fourth-order valence-electron chi connectivity index (χ4n) is 2.95. The van der Waals surface area contributed by atoms with E-state index in [1.807, 2.05) is 6.92 Å². The lowest BCUT2D eigenvalue weighted by Gasteiger charge is -2.08. The largest absolute Gasteiger partial charge is 0.393 e. The molecule has 0 saturated carbocycles. The van der Waals surface area contributed by atoms with Crippen LogP contribution in [-0.4, -0.2) is 17.4 Å². The minimum absolute atomic E-state index is 0.201. The van der Waals surface area contributed by atoms with E-state index in [0.29, 0.717) is 6.42 Å². The monoisotopic (exact) mass is 358 g/mol. The van der Waals surface area contributed by atoms with E-state index >= 15 is 0 Å². The van der Waals surface area contributed by atoms with Crippen molar-refractivity contribution in [1.29, 1.82) is 0 Å². The summed E-state index contributed by atoms with van der Waals surface area (Å²) in [6.07, 6.45) is 5.07. The van der Waals surface area contributed by atoms with Gasteiger partial charge in [-0.1, -0.05) is 63.3 Å².